The third-order valence-corrected chi connectivity index (χ3v) is 2.79. The van der Waals surface area contributed by atoms with Crippen LogP contribution in [0.4, 0.5) is 0 Å². The van der Waals surface area contributed by atoms with Crippen molar-refractivity contribution >= 4 is 12.3 Å². The molecule has 0 aromatic carbocycles. The zero-order valence-corrected chi connectivity index (χ0v) is 11.6. The molecule has 1 heterocycles. The van der Waals surface area contributed by atoms with Gasteiger partial charge >= 0.3 is 5.97 Å². The van der Waals surface area contributed by atoms with E-state index in [0.717, 1.165) is 0 Å². The number of esters is 1. The molecular weight excluding hydrogens is 234 g/mol. The fraction of sp³-hybridized carbons (Fsp3) is 0.846. The molecule has 5 nitrogen and oxygen atoms in total. The molecular formula is C13H23NO4. The Balaban J connectivity index is 2.82. The monoisotopic (exact) mass is 257 g/mol. The molecule has 0 saturated carbocycles. The highest BCUT2D eigenvalue weighted by atomic mass is 16.6. The van der Waals surface area contributed by atoms with Gasteiger partial charge in [-0.3, -0.25) is 0 Å². The fourth-order valence-electron chi connectivity index (χ4n) is 1.96. The number of aldehydes is 1. The predicted molar refractivity (Wildman–Crippen MR) is 67.3 cm³/mol. The maximum Gasteiger partial charge on any atom is 0.339 e. The molecule has 1 N–H and O–H groups in total. The van der Waals surface area contributed by atoms with Crippen LogP contribution in [0.3, 0.4) is 0 Å². The Morgan fingerprint density at radius 1 is 1.33 bits per heavy atom. The number of piperidine rings is 1. The van der Waals surface area contributed by atoms with Gasteiger partial charge in [-0.15, -0.1) is 0 Å². The first kappa shape index (κ1) is 15.1. The summed E-state index contributed by atoms with van der Waals surface area (Å²) in [6.07, 6.45) is 1.16. The minimum absolute atomic E-state index is 0.370. The topological polar surface area (TPSA) is 64.6 Å². The summed E-state index contributed by atoms with van der Waals surface area (Å²) in [5, 5.41) is 3.17. The number of nitrogens with one attached hydrogen (secondary N) is 1. The van der Waals surface area contributed by atoms with E-state index < -0.39 is 17.3 Å². The van der Waals surface area contributed by atoms with Gasteiger partial charge in [0, 0.05) is 0 Å². The van der Waals surface area contributed by atoms with Crippen LogP contribution in [-0.4, -0.2) is 42.7 Å². The van der Waals surface area contributed by atoms with Crippen molar-refractivity contribution in [1.29, 1.82) is 0 Å². The molecule has 1 aliphatic rings. The van der Waals surface area contributed by atoms with E-state index in [0.29, 0.717) is 32.2 Å². The van der Waals surface area contributed by atoms with Gasteiger partial charge in [0.25, 0.3) is 0 Å². The largest absolute Gasteiger partial charge is 0.458 e. The second-order valence-corrected chi connectivity index (χ2v) is 5.71. The summed E-state index contributed by atoms with van der Waals surface area (Å²) in [7, 11) is 0. The Hall–Kier alpha value is -0.940. The molecule has 1 saturated heterocycles. The van der Waals surface area contributed by atoms with E-state index in [9.17, 15) is 9.59 Å². The number of ether oxygens (including phenoxy) is 2. The van der Waals surface area contributed by atoms with Crippen molar-refractivity contribution in [3.63, 3.8) is 0 Å². The zero-order chi connectivity index (χ0) is 13.8. The van der Waals surface area contributed by atoms with Crippen LogP contribution in [0.15, 0.2) is 0 Å². The summed E-state index contributed by atoms with van der Waals surface area (Å²) in [4.78, 5) is 23.0. The van der Waals surface area contributed by atoms with E-state index >= 15 is 0 Å². The SMILES string of the molecule is C[C@@H](C=O)OC1(C(=O)OC(C)(C)C)CCNCC1. The number of hydrogen-bond donors (Lipinski definition) is 1. The van der Waals surface area contributed by atoms with Crippen molar-refractivity contribution in [3.8, 4) is 0 Å². The lowest BCUT2D eigenvalue weighted by Gasteiger charge is -2.38. The van der Waals surface area contributed by atoms with Gasteiger partial charge in [0.1, 0.15) is 18.0 Å². The number of rotatable bonds is 4. The van der Waals surface area contributed by atoms with Crippen LogP contribution in [0.2, 0.25) is 0 Å². The second kappa shape index (κ2) is 5.80. The van der Waals surface area contributed by atoms with Gasteiger partial charge in [0.15, 0.2) is 5.60 Å². The molecule has 0 unspecified atom stereocenters. The standard InChI is InChI=1S/C13H23NO4/c1-10(9-15)17-13(5-7-14-8-6-13)11(16)18-12(2,3)4/h9-10,14H,5-8H2,1-4H3/t10-/m0/s1. The van der Waals surface area contributed by atoms with Crippen LogP contribution in [0.5, 0.6) is 0 Å². The minimum atomic E-state index is -0.987. The molecule has 0 amide bonds. The summed E-state index contributed by atoms with van der Waals surface area (Å²) >= 11 is 0. The van der Waals surface area contributed by atoms with Crippen LogP contribution < -0.4 is 5.32 Å². The van der Waals surface area contributed by atoms with Crippen LogP contribution in [0, 0.1) is 0 Å². The summed E-state index contributed by atoms with van der Waals surface area (Å²) < 4.78 is 11.1. The smallest absolute Gasteiger partial charge is 0.339 e. The lowest BCUT2D eigenvalue weighted by atomic mass is 9.91. The molecule has 1 aliphatic heterocycles. The van der Waals surface area contributed by atoms with E-state index in [2.05, 4.69) is 5.32 Å². The number of hydrogen-bond acceptors (Lipinski definition) is 5. The lowest BCUT2D eigenvalue weighted by Crippen LogP contribution is -2.53. The molecule has 0 spiro atoms. The molecule has 0 aromatic rings. The highest BCUT2D eigenvalue weighted by molar-refractivity contribution is 5.80. The van der Waals surface area contributed by atoms with Crippen molar-refractivity contribution in [2.24, 2.45) is 0 Å². The van der Waals surface area contributed by atoms with Gasteiger partial charge in [0.05, 0.1) is 0 Å². The molecule has 0 aliphatic carbocycles. The first-order valence-corrected chi connectivity index (χ1v) is 6.36. The van der Waals surface area contributed by atoms with Gasteiger partial charge in [0.2, 0.25) is 0 Å². The molecule has 18 heavy (non-hydrogen) atoms. The highest BCUT2D eigenvalue weighted by Gasteiger charge is 2.44. The summed E-state index contributed by atoms with van der Waals surface area (Å²) in [5.74, 6) is -0.370. The maximum absolute atomic E-state index is 12.3. The van der Waals surface area contributed by atoms with E-state index in [1.807, 2.05) is 20.8 Å². The Labute approximate surface area is 108 Å². The molecule has 0 aromatic heterocycles. The molecule has 0 radical (unpaired) electrons. The Kier molecular flexibility index (Phi) is 4.87. The Bertz CT molecular complexity index is 303. The van der Waals surface area contributed by atoms with E-state index in [1.54, 1.807) is 6.92 Å². The van der Waals surface area contributed by atoms with Gasteiger partial charge in [-0.2, -0.15) is 0 Å². The normalized spacial score (nSPS) is 21.1. The third-order valence-electron chi connectivity index (χ3n) is 2.79. The molecule has 5 heteroatoms. The average molecular weight is 257 g/mol. The van der Waals surface area contributed by atoms with Gasteiger partial charge < -0.3 is 19.6 Å². The summed E-state index contributed by atoms with van der Waals surface area (Å²) in [5.41, 5.74) is -1.54. The van der Waals surface area contributed by atoms with Gasteiger partial charge in [-0.1, -0.05) is 0 Å². The van der Waals surface area contributed by atoms with Crippen LogP contribution >= 0.6 is 0 Å². The molecule has 1 atom stereocenters. The number of carbonyl (C=O) groups excluding carboxylic acids is 2. The second-order valence-electron chi connectivity index (χ2n) is 5.71. The van der Waals surface area contributed by atoms with Crippen LogP contribution in [-0.2, 0) is 19.1 Å². The van der Waals surface area contributed by atoms with Gasteiger partial charge in [-0.05, 0) is 53.6 Å². The summed E-state index contributed by atoms with van der Waals surface area (Å²) in [6, 6.07) is 0. The van der Waals surface area contributed by atoms with Crippen molar-refractivity contribution in [2.75, 3.05) is 13.1 Å². The van der Waals surface area contributed by atoms with E-state index in [4.69, 9.17) is 9.47 Å². The minimum Gasteiger partial charge on any atom is -0.458 e. The molecule has 1 rings (SSSR count). The van der Waals surface area contributed by atoms with E-state index in [-0.39, 0.29) is 5.97 Å². The summed E-state index contributed by atoms with van der Waals surface area (Å²) in [6.45, 7) is 8.48. The van der Waals surface area contributed by atoms with Gasteiger partial charge in [-0.25, -0.2) is 4.79 Å². The molecule has 1 fully saturated rings. The van der Waals surface area contributed by atoms with Crippen molar-refractivity contribution in [3.05, 3.63) is 0 Å². The van der Waals surface area contributed by atoms with Crippen molar-refractivity contribution in [2.45, 2.75) is 57.8 Å². The first-order valence-electron chi connectivity index (χ1n) is 6.36. The molecule has 0 bridgehead atoms. The predicted octanol–water partition coefficient (Wildman–Crippen LogP) is 1.05. The maximum atomic E-state index is 12.3. The first-order chi connectivity index (χ1) is 8.29. The highest BCUT2D eigenvalue weighted by Crippen LogP contribution is 2.28. The third kappa shape index (κ3) is 4.07. The fourth-order valence-corrected chi connectivity index (χ4v) is 1.96. The Morgan fingerprint density at radius 2 is 1.89 bits per heavy atom. The van der Waals surface area contributed by atoms with Crippen LogP contribution in [0.1, 0.15) is 40.5 Å². The Morgan fingerprint density at radius 3 is 2.33 bits per heavy atom. The van der Waals surface area contributed by atoms with Crippen molar-refractivity contribution in [1.82, 2.24) is 5.32 Å². The van der Waals surface area contributed by atoms with E-state index in [1.165, 1.54) is 0 Å². The van der Waals surface area contributed by atoms with Crippen LogP contribution in [0.25, 0.3) is 0 Å². The zero-order valence-electron chi connectivity index (χ0n) is 11.6. The number of carbonyl (C=O) groups is 2. The van der Waals surface area contributed by atoms with Crippen molar-refractivity contribution < 1.29 is 19.1 Å². The lowest BCUT2D eigenvalue weighted by molar-refractivity contribution is -0.193. The quantitative estimate of drug-likeness (QED) is 0.602. The molecule has 104 valence electrons. The average Bonchev–Trinajstić information content (AvgIpc) is 2.27.